The monoisotopic (exact) mass is 318 g/mol. The molecule has 0 aliphatic carbocycles. The Morgan fingerprint density at radius 3 is 2.81 bits per heavy atom. The van der Waals surface area contributed by atoms with Gasteiger partial charge in [0.1, 0.15) is 0 Å². The molecule has 0 saturated heterocycles. The van der Waals surface area contributed by atoms with Gasteiger partial charge in [-0.1, -0.05) is 41.4 Å². The Labute approximate surface area is 134 Å². The van der Waals surface area contributed by atoms with E-state index in [0.717, 1.165) is 17.6 Å². The average molecular weight is 319 g/mol. The van der Waals surface area contributed by atoms with Crippen molar-refractivity contribution in [3.8, 4) is 0 Å². The number of hydrogen-bond donors (Lipinski definition) is 2. The zero-order chi connectivity index (χ0) is 14.8. The zero-order valence-electron chi connectivity index (χ0n) is 11.7. The fraction of sp³-hybridized carbons (Fsp3) is 0.176. The van der Waals surface area contributed by atoms with Crippen molar-refractivity contribution in [2.45, 2.75) is 19.5 Å². The SMILES string of the molecule is CC(NCc1cccc2[nH]ccc12)c1ccc(Cl)cc1Cl. The van der Waals surface area contributed by atoms with E-state index in [2.05, 4.69) is 41.5 Å². The Morgan fingerprint density at radius 2 is 2.00 bits per heavy atom. The molecule has 2 nitrogen and oxygen atoms in total. The third kappa shape index (κ3) is 3.08. The lowest BCUT2D eigenvalue weighted by molar-refractivity contribution is 0.576. The van der Waals surface area contributed by atoms with Gasteiger partial charge in [0, 0.05) is 39.7 Å². The number of halogens is 2. The van der Waals surface area contributed by atoms with E-state index >= 15 is 0 Å². The van der Waals surface area contributed by atoms with Crippen molar-refractivity contribution in [1.82, 2.24) is 10.3 Å². The highest BCUT2D eigenvalue weighted by Gasteiger charge is 2.10. The van der Waals surface area contributed by atoms with Crippen LogP contribution in [0.3, 0.4) is 0 Å². The summed E-state index contributed by atoms with van der Waals surface area (Å²) in [7, 11) is 0. The molecular formula is C17H16Cl2N2. The van der Waals surface area contributed by atoms with Crippen LogP contribution in [0.5, 0.6) is 0 Å². The van der Waals surface area contributed by atoms with Crippen molar-refractivity contribution in [3.05, 3.63) is 69.8 Å². The maximum absolute atomic E-state index is 6.25. The Kier molecular flexibility index (Phi) is 4.20. The lowest BCUT2D eigenvalue weighted by atomic mass is 10.1. The molecular weight excluding hydrogens is 303 g/mol. The average Bonchev–Trinajstić information content (AvgIpc) is 2.93. The van der Waals surface area contributed by atoms with Crippen molar-refractivity contribution in [2.75, 3.05) is 0 Å². The molecule has 1 unspecified atom stereocenters. The molecule has 1 heterocycles. The van der Waals surface area contributed by atoms with Gasteiger partial charge in [-0.15, -0.1) is 0 Å². The minimum Gasteiger partial charge on any atom is -0.361 e. The number of fused-ring (bicyclic) bond motifs is 1. The van der Waals surface area contributed by atoms with Gasteiger partial charge < -0.3 is 10.3 Å². The molecule has 0 aliphatic heterocycles. The van der Waals surface area contributed by atoms with E-state index in [-0.39, 0.29) is 6.04 Å². The molecule has 1 atom stereocenters. The van der Waals surface area contributed by atoms with Gasteiger partial charge >= 0.3 is 0 Å². The smallest absolute Gasteiger partial charge is 0.0468 e. The fourth-order valence-corrected chi connectivity index (χ4v) is 3.10. The first-order chi connectivity index (χ1) is 10.1. The Balaban J connectivity index is 1.76. The summed E-state index contributed by atoms with van der Waals surface area (Å²) in [5.41, 5.74) is 3.49. The topological polar surface area (TPSA) is 27.8 Å². The van der Waals surface area contributed by atoms with E-state index in [4.69, 9.17) is 23.2 Å². The second-order valence-corrected chi connectivity index (χ2v) is 5.97. The van der Waals surface area contributed by atoms with Crippen molar-refractivity contribution in [1.29, 1.82) is 0 Å². The summed E-state index contributed by atoms with van der Waals surface area (Å²) in [4.78, 5) is 3.23. The number of aromatic amines is 1. The lowest BCUT2D eigenvalue weighted by Crippen LogP contribution is -2.18. The molecule has 0 bridgehead atoms. The standard InChI is InChI=1S/C17H16Cl2N2/c1-11(14-6-5-13(18)9-16(14)19)21-10-12-3-2-4-17-15(12)7-8-20-17/h2-9,11,20-21H,10H2,1H3. The van der Waals surface area contributed by atoms with Crippen LogP contribution in [0.25, 0.3) is 10.9 Å². The highest BCUT2D eigenvalue weighted by atomic mass is 35.5. The van der Waals surface area contributed by atoms with E-state index in [1.807, 2.05) is 18.3 Å². The first-order valence-corrected chi connectivity index (χ1v) is 7.64. The van der Waals surface area contributed by atoms with Gasteiger partial charge in [0.15, 0.2) is 0 Å². The van der Waals surface area contributed by atoms with E-state index in [1.54, 1.807) is 6.07 Å². The third-order valence-electron chi connectivity index (χ3n) is 3.71. The number of aromatic nitrogens is 1. The zero-order valence-corrected chi connectivity index (χ0v) is 13.2. The summed E-state index contributed by atoms with van der Waals surface area (Å²) in [6.07, 6.45) is 1.97. The minimum absolute atomic E-state index is 0.156. The van der Waals surface area contributed by atoms with Gasteiger partial charge in [-0.3, -0.25) is 0 Å². The van der Waals surface area contributed by atoms with Gasteiger partial charge in [0.2, 0.25) is 0 Å². The normalized spacial score (nSPS) is 12.7. The summed E-state index contributed by atoms with van der Waals surface area (Å²) < 4.78 is 0. The molecule has 108 valence electrons. The molecule has 21 heavy (non-hydrogen) atoms. The van der Waals surface area contributed by atoms with E-state index in [0.29, 0.717) is 10.0 Å². The van der Waals surface area contributed by atoms with E-state index < -0.39 is 0 Å². The molecule has 2 N–H and O–H groups in total. The quantitative estimate of drug-likeness (QED) is 0.669. The molecule has 2 aromatic carbocycles. The lowest BCUT2D eigenvalue weighted by Gasteiger charge is -2.16. The van der Waals surface area contributed by atoms with Crippen molar-refractivity contribution in [3.63, 3.8) is 0 Å². The number of rotatable bonds is 4. The summed E-state index contributed by atoms with van der Waals surface area (Å²) >= 11 is 12.2. The van der Waals surface area contributed by atoms with Crippen LogP contribution in [-0.2, 0) is 6.54 Å². The predicted octanol–water partition coefficient (Wildman–Crippen LogP) is 5.33. The van der Waals surface area contributed by atoms with Crippen LogP contribution in [0.15, 0.2) is 48.7 Å². The molecule has 1 aromatic heterocycles. The largest absolute Gasteiger partial charge is 0.361 e. The predicted molar refractivity (Wildman–Crippen MR) is 90.0 cm³/mol. The minimum atomic E-state index is 0.156. The molecule has 0 saturated carbocycles. The van der Waals surface area contributed by atoms with Crippen LogP contribution >= 0.6 is 23.2 Å². The van der Waals surface area contributed by atoms with Crippen LogP contribution in [0.2, 0.25) is 10.0 Å². The highest BCUT2D eigenvalue weighted by Crippen LogP contribution is 2.26. The molecule has 0 aliphatic rings. The van der Waals surface area contributed by atoms with Crippen molar-refractivity contribution >= 4 is 34.1 Å². The second kappa shape index (κ2) is 6.10. The number of nitrogens with one attached hydrogen (secondary N) is 2. The third-order valence-corrected chi connectivity index (χ3v) is 4.28. The van der Waals surface area contributed by atoms with Crippen LogP contribution in [-0.4, -0.2) is 4.98 Å². The first-order valence-electron chi connectivity index (χ1n) is 6.88. The van der Waals surface area contributed by atoms with Gasteiger partial charge in [-0.25, -0.2) is 0 Å². The van der Waals surface area contributed by atoms with Gasteiger partial charge in [0.05, 0.1) is 0 Å². The van der Waals surface area contributed by atoms with Crippen LogP contribution < -0.4 is 5.32 Å². The van der Waals surface area contributed by atoms with Gasteiger partial charge in [-0.2, -0.15) is 0 Å². The Hall–Kier alpha value is -1.48. The van der Waals surface area contributed by atoms with E-state index in [1.165, 1.54) is 10.9 Å². The number of H-pyrrole nitrogens is 1. The summed E-state index contributed by atoms with van der Waals surface area (Å²) in [5.74, 6) is 0. The fourth-order valence-electron chi connectivity index (χ4n) is 2.53. The molecule has 3 aromatic rings. The Morgan fingerprint density at radius 1 is 1.14 bits per heavy atom. The summed E-state index contributed by atoms with van der Waals surface area (Å²) in [6, 6.07) is 14.2. The van der Waals surface area contributed by atoms with Crippen LogP contribution in [0.1, 0.15) is 24.1 Å². The number of hydrogen-bond acceptors (Lipinski definition) is 1. The number of benzene rings is 2. The molecule has 0 amide bonds. The second-order valence-electron chi connectivity index (χ2n) is 5.12. The maximum Gasteiger partial charge on any atom is 0.0468 e. The van der Waals surface area contributed by atoms with Crippen LogP contribution in [0.4, 0.5) is 0 Å². The summed E-state index contributed by atoms with van der Waals surface area (Å²) in [6.45, 7) is 2.89. The molecule has 0 spiro atoms. The van der Waals surface area contributed by atoms with Crippen molar-refractivity contribution < 1.29 is 0 Å². The molecule has 4 heteroatoms. The first kappa shape index (κ1) is 14.5. The van der Waals surface area contributed by atoms with Crippen LogP contribution in [0, 0.1) is 0 Å². The summed E-state index contributed by atoms with van der Waals surface area (Å²) in [5, 5.41) is 6.12. The highest BCUT2D eigenvalue weighted by molar-refractivity contribution is 6.35. The van der Waals surface area contributed by atoms with Crippen molar-refractivity contribution in [2.24, 2.45) is 0 Å². The van der Waals surface area contributed by atoms with E-state index in [9.17, 15) is 0 Å². The Bertz CT molecular complexity index is 764. The maximum atomic E-state index is 6.25. The van der Waals surface area contributed by atoms with Gasteiger partial charge in [0.25, 0.3) is 0 Å². The molecule has 0 radical (unpaired) electrons. The molecule has 3 rings (SSSR count). The van der Waals surface area contributed by atoms with Gasteiger partial charge in [-0.05, 0) is 42.3 Å². The molecule has 0 fully saturated rings.